The van der Waals surface area contributed by atoms with Gasteiger partial charge in [0.15, 0.2) is 17.4 Å². The molecule has 1 saturated heterocycles. The lowest BCUT2D eigenvalue weighted by Gasteiger charge is -2.18. The summed E-state index contributed by atoms with van der Waals surface area (Å²) in [5.41, 5.74) is 4.98. The van der Waals surface area contributed by atoms with Crippen molar-refractivity contribution < 1.29 is 25.2 Å². The minimum Gasteiger partial charge on any atom is -0.394 e. The van der Waals surface area contributed by atoms with E-state index < -0.39 is 42.8 Å². The Morgan fingerprint density at radius 1 is 1.45 bits per heavy atom. The molecule has 3 rings (SSSR count). The minimum atomic E-state index is -1.43. The number of anilines is 1. The van der Waals surface area contributed by atoms with Crippen LogP contribution in [-0.2, 0) is 4.74 Å². The Labute approximate surface area is 122 Å². The molecule has 7 N–H and O–H groups in total. The largest absolute Gasteiger partial charge is 0.394 e. The molecule has 2 aromatic rings. The summed E-state index contributed by atoms with van der Waals surface area (Å²) < 4.78 is 6.63. The van der Waals surface area contributed by atoms with Crippen molar-refractivity contribution in [2.75, 3.05) is 12.3 Å². The van der Waals surface area contributed by atoms with Gasteiger partial charge in [0, 0.05) is 0 Å². The molecule has 120 valence electrons. The van der Waals surface area contributed by atoms with Gasteiger partial charge in [0.1, 0.15) is 24.4 Å². The van der Waals surface area contributed by atoms with E-state index in [9.17, 15) is 20.1 Å². The number of aliphatic hydroxyl groups is 4. The third-order valence-corrected chi connectivity index (χ3v) is 3.57. The maximum absolute atomic E-state index is 11.7. The van der Waals surface area contributed by atoms with Gasteiger partial charge in [0.25, 0.3) is 5.56 Å². The number of nitrogens with one attached hydrogen (secondary N) is 1. The summed E-state index contributed by atoms with van der Waals surface area (Å²) in [5.74, 6) is -0.140. The number of nitrogens with zero attached hydrogens (tertiary/aromatic N) is 3. The van der Waals surface area contributed by atoms with E-state index in [0.717, 1.165) is 0 Å². The van der Waals surface area contributed by atoms with Crippen LogP contribution in [0.5, 0.6) is 0 Å². The first kappa shape index (κ1) is 14.9. The third kappa shape index (κ3) is 2.15. The first-order valence-corrected chi connectivity index (χ1v) is 6.47. The number of imidazole rings is 1. The Hall–Kier alpha value is -2.05. The van der Waals surface area contributed by atoms with Gasteiger partial charge in [-0.15, -0.1) is 0 Å². The lowest BCUT2D eigenvalue weighted by atomic mass is 10.1. The maximum Gasteiger partial charge on any atom is 0.280 e. The van der Waals surface area contributed by atoms with Crippen molar-refractivity contribution in [1.82, 2.24) is 19.5 Å². The van der Waals surface area contributed by atoms with E-state index in [2.05, 4.69) is 15.0 Å². The van der Waals surface area contributed by atoms with Crippen molar-refractivity contribution >= 4 is 17.1 Å². The van der Waals surface area contributed by atoms with Crippen LogP contribution in [0, 0.1) is 0 Å². The number of aliphatic hydroxyl groups excluding tert-OH is 4. The summed E-state index contributed by atoms with van der Waals surface area (Å²) in [4.78, 5) is 21.8. The van der Waals surface area contributed by atoms with Crippen LogP contribution in [0.1, 0.15) is 6.23 Å². The van der Waals surface area contributed by atoms with E-state index in [4.69, 9.17) is 15.6 Å². The van der Waals surface area contributed by atoms with Crippen LogP contribution in [0.2, 0.25) is 0 Å². The zero-order chi connectivity index (χ0) is 16.0. The second-order valence-corrected chi connectivity index (χ2v) is 5.00. The number of hydrogen-bond donors (Lipinski definition) is 6. The predicted octanol–water partition coefficient (Wildman–Crippen LogP) is -3.33. The van der Waals surface area contributed by atoms with Crippen LogP contribution < -0.4 is 11.3 Å². The monoisotopic (exact) mass is 313 g/mol. The number of ether oxygens (including phenoxy) is 1. The number of fused-ring (bicyclic) bond motifs is 1. The average Bonchev–Trinajstić information content (AvgIpc) is 3.01. The number of aromatic amines is 1. The highest BCUT2D eigenvalue weighted by Gasteiger charge is 2.47. The topological polar surface area (TPSA) is 180 Å². The molecule has 0 amide bonds. The van der Waals surface area contributed by atoms with Gasteiger partial charge >= 0.3 is 0 Å². The smallest absolute Gasteiger partial charge is 0.280 e. The molecule has 11 heteroatoms. The first-order valence-electron chi connectivity index (χ1n) is 6.47. The van der Waals surface area contributed by atoms with E-state index in [-0.39, 0.29) is 17.1 Å². The minimum absolute atomic E-state index is 0.00866. The highest BCUT2D eigenvalue weighted by atomic mass is 16.6. The van der Waals surface area contributed by atoms with E-state index in [0.29, 0.717) is 0 Å². The zero-order valence-electron chi connectivity index (χ0n) is 11.2. The number of H-pyrrole nitrogens is 1. The highest BCUT2D eigenvalue weighted by molar-refractivity contribution is 5.70. The molecule has 3 heterocycles. The Kier molecular flexibility index (Phi) is 3.58. The zero-order valence-corrected chi connectivity index (χ0v) is 11.2. The molecule has 0 saturated carbocycles. The SMILES string of the molecule is Nc1nc2c(ncn2[C@@H]2O[C@H]([C@H](O)CO)[C@@H](O)[C@H]2O)c(=O)[nH]1. The molecule has 0 aliphatic carbocycles. The normalized spacial score (nSPS) is 30.0. The van der Waals surface area contributed by atoms with Gasteiger partial charge in [0.05, 0.1) is 12.9 Å². The Morgan fingerprint density at radius 2 is 2.18 bits per heavy atom. The third-order valence-electron chi connectivity index (χ3n) is 3.57. The van der Waals surface area contributed by atoms with Crippen LogP contribution in [0.4, 0.5) is 5.95 Å². The molecule has 0 aromatic carbocycles. The first-order chi connectivity index (χ1) is 10.4. The van der Waals surface area contributed by atoms with Crippen molar-refractivity contribution in [1.29, 1.82) is 0 Å². The lowest BCUT2D eigenvalue weighted by molar-refractivity contribution is -0.0962. The fourth-order valence-corrected chi connectivity index (χ4v) is 2.47. The van der Waals surface area contributed by atoms with Crippen molar-refractivity contribution in [3.8, 4) is 0 Å². The summed E-state index contributed by atoms with van der Waals surface area (Å²) in [6, 6.07) is 0. The van der Waals surface area contributed by atoms with E-state index in [1.165, 1.54) is 10.9 Å². The average molecular weight is 313 g/mol. The molecule has 22 heavy (non-hydrogen) atoms. The van der Waals surface area contributed by atoms with Gasteiger partial charge in [0.2, 0.25) is 5.95 Å². The standard InChI is InChI=1S/C11H15N5O6/c12-11-14-8-4(9(21)15-11)13-2-16(8)10-6(20)5(19)7(22-10)3(18)1-17/h2-3,5-7,10,17-20H,1H2,(H3,12,14,15,21)/t3-,5+,6-,7-,10-/m1/s1. The van der Waals surface area contributed by atoms with Crippen molar-refractivity contribution in [3.63, 3.8) is 0 Å². The fraction of sp³-hybridized carbons (Fsp3) is 0.545. The van der Waals surface area contributed by atoms with Gasteiger partial charge in [-0.25, -0.2) is 4.98 Å². The van der Waals surface area contributed by atoms with Crippen molar-refractivity contribution in [3.05, 3.63) is 16.7 Å². The maximum atomic E-state index is 11.7. The molecule has 0 bridgehead atoms. The van der Waals surface area contributed by atoms with Crippen LogP contribution in [0.15, 0.2) is 11.1 Å². The number of rotatable bonds is 3. The highest BCUT2D eigenvalue weighted by Crippen LogP contribution is 2.32. The number of nitrogens with two attached hydrogens (primary N) is 1. The van der Waals surface area contributed by atoms with Crippen LogP contribution in [-0.4, -0.2) is 71.0 Å². The van der Waals surface area contributed by atoms with E-state index >= 15 is 0 Å². The van der Waals surface area contributed by atoms with Gasteiger partial charge in [-0.1, -0.05) is 0 Å². The Balaban J connectivity index is 2.03. The van der Waals surface area contributed by atoms with Gasteiger partial charge in [-0.2, -0.15) is 4.98 Å². The summed E-state index contributed by atoms with van der Waals surface area (Å²) in [6.07, 6.45) is -5.33. The second-order valence-electron chi connectivity index (χ2n) is 5.00. The molecule has 1 aliphatic heterocycles. The molecule has 5 atom stereocenters. The Morgan fingerprint density at radius 3 is 2.86 bits per heavy atom. The summed E-state index contributed by atoms with van der Waals surface area (Å²) in [7, 11) is 0. The van der Waals surface area contributed by atoms with Crippen molar-refractivity contribution in [2.24, 2.45) is 0 Å². The predicted molar refractivity (Wildman–Crippen MR) is 71.6 cm³/mol. The molecule has 1 aliphatic rings. The molecule has 0 spiro atoms. The molecular weight excluding hydrogens is 298 g/mol. The number of nitrogen functional groups attached to an aromatic ring is 1. The van der Waals surface area contributed by atoms with E-state index in [1.54, 1.807) is 0 Å². The molecule has 11 nitrogen and oxygen atoms in total. The van der Waals surface area contributed by atoms with Crippen molar-refractivity contribution in [2.45, 2.75) is 30.6 Å². The summed E-state index contributed by atoms with van der Waals surface area (Å²) >= 11 is 0. The van der Waals surface area contributed by atoms with Crippen LogP contribution in [0.25, 0.3) is 11.2 Å². The molecule has 0 radical (unpaired) electrons. The van der Waals surface area contributed by atoms with Gasteiger partial charge in [-0.3, -0.25) is 14.3 Å². The fourth-order valence-electron chi connectivity index (χ4n) is 2.47. The quantitative estimate of drug-likeness (QED) is 0.338. The Bertz CT molecular complexity index is 744. The molecule has 2 aromatic heterocycles. The summed E-state index contributed by atoms with van der Waals surface area (Å²) in [6.45, 7) is -0.642. The van der Waals surface area contributed by atoms with Gasteiger partial charge < -0.3 is 30.9 Å². The molecule has 1 fully saturated rings. The number of hydrogen-bond acceptors (Lipinski definition) is 9. The summed E-state index contributed by atoms with van der Waals surface area (Å²) in [5, 5.41) is 38.5. The second kappa shape index (κ2) is 5.30. The van der Waals surface area contributed by atoms with Crippen LogP contribution >= 0.6 is 0 Å². The molecular formula is C11H15N5O6. The van der Waals surface area contributed by atoms with Crippen LogP contribution in [0.3, 0.4) is 0 Å². The lowest BCUT2D eigenvalue weighted by Crippen LogP contribution is -2.40. The van der Waals surface area contributed by atoms with Gasteiger partial charge in [-0.05, 0) is 0 Å². The van der Waals surface area contributed by atoms with E-state index in [1.807, 2.05) is 0 Å². The molecule has 0 unspecified atom stereocenters. The number of aromatic nitrogens is 4.